The van der Waals surface area contributed by atoms with Crippen molar-refractivity contribution in [3.63, 3.8) is 0 Å². The summed E-state index contributed by atoms with van der Waals surface area (Å²) in [6, 6.07) is 5.66. The fourth-order valence-corrected chi connectivity index (χ4v) is 2.95. The van der Waals surface area contributed by atoms with Crippen LogP contribution >= 0.6 is 11.6 Å². The second kappa shape index (κ2) is 8.33. The Kier molecular flexibility index (Phi) is 5.90. The molecule has 0 unspecified atom stereocenters. The molecule has 3 aromatic rings. The van der Waals surface area contributed by atoms with Gasteiger partial charge in [-0.25, -0.2) is 4.98 Å². The van der Waals surface area contributed by atoms with Gasteiger partial charge in [-0.05, 0) is 29.7 Å². The molecular weight excluding hydrogens is 354 g/mol. The van der Waals surface area contributed by atoms with Crippen molar-refractivity contribution in [3.8, 4) is 5.75 Å². The van der Waals surface area contributed by atoms with E-state index in [0.29, 0.717) is 23.8 Å². The maximum atomic E-state index is 9.30. The number of aliphatic hydroxyl groups excluding tert-OH is 1. The molecule has 0 aliphatic carbocycles. The van der Waals surface area contributed by atoms with Gasteiger partial charge >= 0.3 is 0 Å². The van der Waals surface area contributed by atoms with Gasteiger partial charge in [0.25, 0.3) is 0 Å². The van der Waals surface area contributed by atoms with Gasteiger partial charge in [0, 0.05) is 12.1 Å². The van der Waals surface area contributed by atoms with E-state index in [4.69, 9.17) is 16.3 Å². The lowest BCUT2D eigenvalue weighted by molar-refractivity contribution is 0.281. The summed E-state index contributed by atoms with van der Waals surface area (Å²) in [5.74, 6) is 1.39. The van der Waals surface area contributed by atoms with Gasteiger partial charge in [0.2, 0.25) is 5.28 Å². The van der Waals surface area contributed by atoms with Crippen LogP contribution in [0.25, 0.3) is 11.2 Å². The van der Waals surface area contributed by atoms with Crippen LogP contribution in [0.1, 0.15) is 30.9 Å². The normalized spacial score (nSPS) is 11.1. The number of imidazole rings is 1. The quantitative estimate of drug-likeness (QED) is 0.464. The molecule has 0 aliphatic heterocycles. The molecule has 2 N–H and O–H groups in total. The number of halogens is 1. The summed E-state index contributed by atoms with van der Waals surface area (Å²) in [7, 11) is 1.62. The van der Waals surface area contributed by atoms with Gasteiger partial charge in [-0.1, -0.05) is 25.5 Å². The van der Waals surface area contributed by atoms with Crippen molar-refractivity contribution in [3.05, 3.63) is 40.9 Å². The molecule has 26 heavy (non-hydrogen) atoms. The lowest BCUT2D eigenvalue weighted by Crippen LogP contribution is -2.08. The fourth-order valence-electron chi connectivity index (χ4n) is 2.78. The van der Waals surface area contributed by atoms with Crippen molar-refractivity contribution in [2.45, 2.75) is 32.9 Å². The molecule has 1 aromatic carbocycles. The molecule has 2 aromatic heterocycles. The molecule has 0 radical (unpaired) electrons. The van der Waals surface area contributed by atoms with Crippen molar-refractivity contribution in [2.75, 3.05) is 19.0 Å². The van der Waals surface area contributed by atoms with Crippen molar-refractivity contribution >= 4 is 28.6 Å². The van der Waals surface area contributed by atoms with Crippen LogP contribution in [0.5, 0.6) is 5.75 Å². The number of benzene rings is 1. The Morgan fingerprint density at radius 3 is 2.88 bits per heavy atom. The second-order valence-electron chi connectivity index (χ2n) is 5.97. The van der Waals surface area contributed by atoms with Gasteiger partial charge in [-0.3, -0.25) is 0 Å². The first-order valence-electron chi connectivity index (χ1n) is 8.55. The largest absolute Gasteiger partial charge is 0.496 e. The first kappa shape index (κ1) is 18.4. The third kappa shape index (κ3) is 3.89. The SMILES string of the molecule is CCCCNc1nc(Cl)nc2ncn(Cc3ccc(CO)cc3OC)c12. The minimum atomic E-state index is -0.0253. The minimum Gasteiger partial charge on any atom is -0.496 e. The van der Waals surface area contributed by atoms with Gasteiger partial charge in [0.15, 0.2) is 11.5 Å². The molecule has 0 aliphatic rings. The molecule has 0 amide bonds. The van der Waals surface area contributed by atoms with Gasteiger partial charge < -0.3 is 19.7 Å². The summed E-state index contributed by atoms with van der Waals surface area (Å²) < 4.78 is 7.43. The topological polar surface area (TPSA) is 85.1 Å². The summed E-state index contributed by atoms with van der Waals surface area (Å²) in [4.78, 5) is 12.9. The van der Waals surface area contributed by atoms with Crippen LogP contribution in [0.15, 0.2) is 24.5 Å². The van der Waals surface area contributed by atoms with E-state index in [-0.39, 0.29) is 11.9 Å². The summed E-state index contributed by atoms with van der Waals surface area (Å²) in [5, 5.41) is 12.8. The number of hydrogen-bond acceptors (Lipinski definition) is 6. The number of anilines is 1. The van der Waals surface area contributed by atoms with E-state index in [2.05, 4.69) is 27.2 Å². The van der Waals surface area contributed by atoms with E-state index in [1.54, 1.807) is 13.4 Å². The molecule has 0 spiro atoms. The number of ether oxygens (including phenoxy) is 1. The molecular formula is C18H22ClN5O2. The van der Waals surface area contributed by atoms with E-state index in [1.165, 1.54) is 0 Å². The molecule has 8 heteroatoms. The second-order valence-corrected chi connectivity index (χ2v) is 6.31. The molecule has 138 valence electrons. The van der Waals surface area contributed by atoms with Gasteiger partial charge in [-0.15, -0.1) is 0 Å². The molecule has 0 bridgehead atoms. The van der Waals surface area contributed by atoms with E-state index < -0.39 is 0 Å². The highest BCUT2D eigenvalue weighted by atomic mass is 35.5. The number of unbranched alkanes of at least 4 members (excludes halogenated alkanes) is 1. The Bertz CT molecular complexity index is 897. The number of rotatable bonds is 8. The van der Waals surface area contributed by atoms with Crippen molar-refractivity contribution in [1.29, 1.82) is 0 Å². The Hall–Kier alpha value is -2.38. The minimum absolute atomic E-state index is 0.0253. The monoisotopic (exact) mass is 375 g/mol. The van der Waals surface area contributed by atoms with Crippen molar-refractivity contribution in [2.24, 2.45) is 0 Å². The zero-order valence-corrected chi connectivity index (χ0v) is 15.6. The molecule has 2 heterocycles. The third-order valence-electron chi connectivity index (χ3n) is 4.14. The number of nitrogens with one attached hydrogen (secondary N) is 1. The molecule has 0 saturated heterocycles. The fraction of sp³-hybridized carbons (Fsp3) is 0.389. The number of hydrogen-bond donors (Lipinski definition) is 2. The average molecular weight is 376 g/mol. The Balaban J connectivity index is 1.98. The van der Waals surface area contributed by atoms with Crippen LogP contribution < -0.4 is 10.1 Å². The smallest absolute Gasteiger partial charge is 0.226 e. The summed E-state index contributed by atoms with van der Waals surface area (Å²) >= 11 is 6.03. The standard InChI is InChI=1S/C18H22ClN5O2/c1-3-4-7-20-16-15-17(23-18(19)22-16)21-11-24(15)9-13-6-5-12(10-25)8-14(13)26-2/h5-6,8,11,25H,3-4,7,9-10H2,1-2H3,(H,20,22,23). The zero-order chi connectivity index (χ0) is 18.5. The molecule has 0 saturated carbocycles. The van der Waals surface area contributed by atoms with Crippen LogP contribution in [-0.2, 0) is 13.2 Å². The predicted molar refractivity (Wildman–Crippen MR) is 102 cm³/mol. The van der Waals surface area contributed by atoms with Gasteiger partial charge in [0.1, 0.15) is 11.3 Å². The highest BCUT2D eigenvalue weighted by molar-refractivity contribution is 6.28. The number of nitrogens with zero attached hydrogens (tertiary/aromatic N) is 4. The predicted octanol–water partition coefficient (Wildman–Crippen LogP) is 3.24. The Morgan fingerprint density at radius 2 is 2.15 bits per heavy atom. The number of methoxy groups -OCH3 is 1. The first-order valence-corrected chi connectivity index (χ1v) is 8.93. The molecule has 0 fully saturated rings. The molecule has 3 rings (SSSR count). The lowest BCUT2D eigenvalue weighted by Gasteiger charge is -2.13. The van der Waals surface area contributed by atoms with E-state index >= 15 is 0 Å². The van der Waals surface area contributed by atoms with Crippen LogP contribution in [0.2, 0.25) is 5.28 Å². The molecule has 7 nitrogen and oxygen atoms in total. The van der Waals surface area contributed by atoms with Crippen LogP contribution in [0, 0.1) is 0 Å². The maximum Gasteiger partial charge on any atom is 0.226 e. The third-order valence-corrected chi connectivity index (χ3v) is 4.31. The zero-order valence-electron chi connectivity index (χ0n) is 14.9. The Morgan fingerprint density at radius 1 is 1.31 bits per heavy atom. The highest BCUT2D eigenvalue weighted by Crippen LogP contribution is 2.26. The van der Waals surface area contributed by atoms with Crippen LogP contribution in [0.3, 0.4) is 0 Å². The van der Waals surface area contributed by atoms with Crippen LogP contribution in [0.4, 0.5) is 5.82 Å². The lowest BCUT2D eigenvalue weighted by atomic mass is 10.1. The van der Waals surface area contributed by atoms with E-state index in [0.717, 1.165) is 36.0 Å². The number of aliphatic hydroxyl groups is 1. The molecule has 0 atom stereocenters. The first-order chi connectivity index (χ1) is 12.7. The van der Waals surface area contributed by atoms with E-state index in [9.17, 15) is 5.11 Å². The summed E-state index contributed by atoms with van der Waals surface area (Å²) in [5.41, 5.74) is 3.13. The summed E-state index contributed by atoms with van der Waals surface area (Å²) in [6.07, 6.45) is 3.84. The van der Waals surface area contributed by atoms with Crippen molar-refractivity contribution < 1.29 is 9.84 Å². The van der Waals surface area contributed by atoms with Gasteiger partial charge in [-0.2, -0.15) is 9.97 Å². The average Bonchev–Trinajstić information content (AvgIpc) is 3.04. The number of aromatic nitrogens is 4. The van der Waals surface area contributed by atoms with Crippen LogP contribution in [-0.4, -0.2) is 38.3 Å². The number of fused-ring (bicyclic) bond motifs is 1. The van der Waals surface area contributed by atoms with E-state index in [1.807, 2.05) is 22.8 Å². The maximum absolute atomic E-state index is 9.30. The highest BCUT2D eigenvalue weighted by Gasteiger charge is 2.14. The summed E-state index contributed by atoms with van der Waals surface area (Å²) in [6.45, 7) is 3.46. The Labute approximate surface area is 157 Å². The van der Waals surface area contributed by atoms with Gasteiger partial charge in [0.05, 0.1) is 26.6 Å². The van der Waals surface area contributed by atoms with Crippen molar-refractivity contribution in [1.82, 2.24) is 19.5 Å².